The molecule has 1 heterocycles. The summed E-state index contributed by atoms with van der Waals surface area (Å²) in [6.07, 6.45) is 8.40. The van der Waals surface area contributed by atoms with E-state index in [1.54, 1.807) is 6.33 Å². The van der Waals surface area contributed by atoms with Crippen molar-refractivity contribution in [1.29, 1.82) is 0 Å². The Morgan fingerprint density at radius 2 is 1.84 bits per heavy atom. The molecule has 104 valence electrons. The van der Waals surface area contributed by atoms with Crippen molar-refractivity contribution in [2.24, 2.45) is 11.8 Å². The topological polar surface area (TPSA) is 41.0 Å². The van der Waals surface area contributed by atoms with Gasteiger partial charge in [0.25, 0.3) is 0 Å². The molecule has 4 nitrogen and oxygen atoms in total. The smallest absolute Gasteiger partial charge is 0.134 e. The Kier molecular flexibility index (Phi) is 3.85. The second-order valence-electron chi connectivity index (χ2n) is 5.98. The first-order valence-corrected chi connectivity index (χ1v) is 7.66. The quantitative estimate of drug-likeness (QED) is 0.780. The number of nitrogens with one attached hydrogen (secondary N) is 1. The van der Waals surface area contributed by atoms with Crippen LogP contribution < -0.4 is 10.2 Å². The molecule has 2 saturated carbocycles. The summed E-state index contributed by atoms with van der Waals surface area (Å²) in [4.78, 5) is 11.3. The van der Waals surface area contributed by atoms with Crippen molar-refractivity contribution in [3.63, 3.8) is 0 Å². The number of aromatic nitrogens is 2. The fourth-order valence-corrected chi connectivity index (χ4v) is 2.36. The molecule has 0 aromatic carbocycles. The molecule has 2 aliphatic rings. The zero-order valence-corrected chi connectivity index (χ0v) is 11.8. The average Bonchev–Trinajstić information content (AvgIpc) is 3.31. The number of hydrogen-bond acceptors (Lipinski definition) is 4. The Morgan fingerprint density at radius 1 is 1.16 bits per heavy atom. The van der Waals surface area contributed by atoms with E-state index in [0.717, 1.165) is 36.4 Å². The zero-order chi connectivity index (χ0) is 13.1. The number of anilines is 2. The Morgan fingerprint density at radius 3 is 2.42 bits per heavy atom. The molecule has 0 amide bonds. The van der Waals surface area contributed by atoms with Crippen molar-refractivity contribution in [1.82, 2.24) is 9.97 Å². The molecule has 0 saturated heterocycles. The minimum absolute atomic E-state index is 0.903. The normalized spacial score (nSPS) is 18.4. The van der Waals surface area contributed by atoms with E-state index in [2.05, 4.69) is 33.2 Å². The molecule has 0 unspecified atom stereocenters. The first-order chi connectivity index (χ1) is 9.35. The summed E-state index contributed by atoms with van der Waals surface area (Å²) >= 11 is 0. The summed E-state index contributed by atoms with van der Waals surface area (Å²) in [6.45, 7) is 5.50. The molecule has 4 heteroatoms. The largest absolute Gasteiger partial charge is 0.370 e. The Hall–Kier alpha value is -1.32. The lowest BCUT2D eigenvalue weighted by Gasteiger charge is -2.24. The molecule has 0 atom stereocenters. The van der Waals surface area contributed by atoms with Gasteiger partial charge in [0, 0.05) is 25.7 Å². The van der Waals surface area contributed by atoms with Gasteiger partial charge in [-0.25, -0.2) is 9.97 Å². The Labute approximate surface area is 115 Å². The van der Waals surface area contributed by atoms with Crippen LogP contribution in [0.4, 0.5) is 11.6 Å². The van der Waals surface area contributed by atoms with Crippen LogP contribution in [0.3, 0.4) is 0 Å². The number of nitrogens with zero attached hydrogens (tertiary/aromatic N) is 3. The highest BCUT2D eigenvalue weighted by atomic mass is 15.2. The van der Waals surface area contributed by atoms with E-state index in [0.29, 0.717) is 0 Å². The molecule has 0 radical (unpaired) electrons. The van der Waals surface area contributed by atoms with E-state index in [9.17, 15) is 0 Å². The summed E-state index contributed by atoms with van der Waals surface area (Å²) in [6, 6.07) is 2.11. The van der Waals surface area contributed by atoms with Gasteiger partial charge >= 0.3 is 0 Å². The summed E-state index contributed by atoms with van der Waals surface area (Å²) in [5, 5.41) is 3.35. The summed E-state index contributed by atoms with van der Waals surface area (Å²) in [7, 11) is 0. The third-order valence-corrected chi connectivity index (χ3v) is 3.88. The van der Waals surface area contributed by atoms with Crippen LogP contribution in [0.5, 0.6) is 0 Å². The van der Waals surface area contributed by atoms with Crippen LogP contribution in [-0.4, -0.2) is 29.6 Å². The van der Waals surface area contributed by atoms with Crippen LogP contribution in [0.1, 0.15) is 39.0 Å². The van der Waals surface area contributed by atoms with Gasteiger partial charge in [-0.1, -0.05) is 6.92 Å². The van der Waals surface area contributed by atoms with Gasteiger partial charge < -0.3 is 10.2 Å². The predicted molar refractivity (Wildman–Crippen MR) is 78.5 cm³/mol. The van der Waals surface area contributed by atoms with Gasteiger partial charge in [-0.05, 0) is 43.9 Å². The fraction of sp³-hybridized carbons (Fsp3) is 0.733. The molecule has 0 spiro atoms. The zero-order valence-electron chi connectivity index (χ0n) is 11.8. The lowest BCUT2D eigenvalue weighted by atomic mass is 10.3. The first-order valence-electron chi connectivity index (χ1n) is 7.66. The van der Waals surface area contributed by atoms with Crippen LogP contribution in [0, 0.1) is 11.8 Å². The van der Waals surface area contributed by atoms with Gasteiger partial charge in [-0.2, -0.15) is 0 Å². The van der Waals surface area contributed by atoms with Gasteiger partial charge in [-0.3, -0.25) is 0 Å². The van der Waals surface area contributed by atoms with Crippen molar-refractivity contribution in [2.75, 3.05) is 29.9 Å². The van der Waals surface area contributed by atoms with Crippen molar-refractivity contribution < 1.29 is 0 Å². The van der Waals surface area contributed by atoms with Crippen LogP contribution >= 0.6 is 0 Å². The molecule has 2 aliphatic carbocycles. The van der Waals surface area contributed by atoms with Gasteiger partial charge in [0.05, 0.1) is 0 Å². The fourth-order valence-electron chi connectivity index (χ4n) is 2.36. The van der Waals surface area contributed by atoms with E-state index in [4.69, 9.17) is 0 Å². The van der Waals surface area contributed by atoms with E-state index in [-0.39, 0.29) is 0 Å². The minimum Gasteiger partial charge on any atom is -0.370 e. The Balaban J connectivity index is 1.67. The molecular weight excluding hydrogens is 236 g/mol. The Bertz CT molecular complexity index is 398. The van der Waals surface area contributed by atoms with E-state index >= 15 is 0 Å². The first kappa shape index (κ1) is 12.7. The maximum absolute atomic E-state index is 4.48. The SMILES string of the molecule is CCCNc1cc(N(CC2CC2)CC2CC2)ncn1. The van der Waals surface area contributed by atoms with Crippen molar-refractivity contribution >= 4 is 11.6 Å². The monoisotopic (exact) mass is 260 g/mol. The predicted octanol–water partition coefficient (Wildman–Crippen LogP) is 2.92. The van der Waals surface area contributed by atoms with Crippen LogP contribution in [0.2, 0.25) is 0 Å². The lowest BCUT2D eigenvalue weighted by molar-refractivity contribution is 0.670. The van der Waals surface area contributed by atoms with Crippen LogP contribution in [0.25, 0.3) is 0 Å². The molecule has 2 fully saturated rings. The molecule has 0 bridgehead atoms. The standard InChI is InChI=1S/C15H24N4/c1-2-7-16-14-8-15(18-11-17-14)19(9-12-3-4-12)10-13-5-6-13/h8,11-13H,2-7,9-10H2,1H3,(H,16,17,18). The van der Waals surface area contributed by atoms with Crippen molar-refractivity contribution in [2.45, 2.75) is 39.0 Å². The van der Waals surface area contributed by atoms with Gasteiger partial charge in [0.2, 0.25) is 0 Å². The molecule has 1 aromatic rings. The van der Waals surface area contributed by atoms with Gasteiger partial charge in [-0.15, -0.1) is 0 Å². The summed E-state index contributed by atoms with van der Waals surface area (Å²) in [5.41, 5.74) is 0. The third kappa shape index (κ3) is 3.82. The van der Waals surface area contributed by atoms with E-state index < -0.39 is 0 Å². The number of hydrogen-bond donors (Lipinski definition) is 1. The molecule has 0 aliphatic heterocycles. The highest BCUT2D eigenvalue weighted by Gasteiger charge is 2.29. The third-order valence-electron chi connectivity index (χ3n) is 3.88. The van der Waals surface area contributed by atoms with Gasteiger partial charge in [0.15, 0.2) is 0 Å². The second kappa shape index (κ2) is 5.76. The average molecular weight is 260 g/mol. The van der Waals surface area contributed by atoms with Crippen LogP contribution in [0.15, 0.2) is 12.4 Å². The van der Waals surface area contributed by atoms with E-state index in [1.165, 1.54) is 38.8 Å². The highest BCUT2D eigenvalue weighted by Crippen LogP contribution is 2.35. The maximum atomic E-state index is 4.48. The molecule has 19 heavy (non-hydrogen) atoms. The van der Waals surface area contributed by atoms with Gasteiger partial charge in [0.1, 0.15) is 18.0 Å². The molecule has 1 N–H and O–H groups in total. The molecule has 3 rings (SSSR count). The highest BCUT2D eigenvalue weighted by molar-refractivity contribution is 5.48. The summed E-state index contributed by atoms with van der Waals surface area (Å²) < 4.78 is 0. The second-order valence-corrected chi connectivity index (χ2v) is 5.98. The number of rotatable bonds is 8. The summed E-state index contributed by atoms with van der Waals surface area (Å²) in [5.74, 6) is 3.87. The maximum Gasteiger partial charge on any atom is 0.134 e. The van der Waals surface area contributed by atoms with Crippen molar-refractivity contribution in [3.05, 3.63) is 12.4 Å². The van der Waals surface area contributed by atoms with Crippen molar-refractivity contribution in [3.8, 4) is 0 Å². The molecular formula is C15H24N4. The van der Waals surface area contributed by atoms with Crippen LogP contribution in [-0.2, 0) is 0 Å². The lowest BCUT2D eigenvalue weighted by Crippen LogP contribution is -2.29. The molecule has 1 aromatic heterocycles. The minimum atomic E-state index is 0.903. The van der Waals surface area contributed by atoms with E-state index in [1.807, 2.05) is 0 Å².